The molecule has 14 nitrogen and oxygen atoms in total. The van der Waals surface area contributed by atoms with E-state index in [2.05, 4.69) is 4.90 Å². The third-order valence-electron chi connectivity index (χ3n) is 10.5. The van der Waals surface area contributed by atoms with Crippen LogP contribution in [0.4, 0.5) is 14.4 Å². The number of hydrogen-bond donors (Lipinski definition) is 1. The second-order valence-corrected chi connectivity index (χ2v) is 16.4. The number of piperidine rings is 1. The van der Waals surface area contributed by atoms with Crippen LogP contribution >= 0.6 is 0 Å². The van der Waals surface area contributed by atoms with Crippen molar-refractivity contribution >= 4 is 24.2 Å². The minimum absolute atomic E-state index is 0.0891. The number of ether oxygens (including phenoxy) is 6. The van der Waals surface area contributed by atoms with Crippen LogP contribution in [0.3, 0.4) is 0 Å². The zero-order valence-electron chi connectivity index (χ0n) is 32.7. The minimum Gasteiger partial charge on any atom is -0.493 e. The fraction of sp³-hybridized carbons (Fsp3) is 0.692. The van der Waals surface area contributed by atoms with Crippen molar-refractivity contribution in [3.05, 3.63) is 35.1 Å². The molecular formula is C39H57N3O11. The van der Waals surface area contributed by atoms with Crippen molar-refractivity contribution in [3.63, 3.8) is 0 Å². The zero-order chi connectivity index (χ0) is 38.9. The first kappa shape index (κ1) is 40.2. The number of carbonyl (C=O) groups excluding carboxylic acids is 4. The van der Waals surface area contributed by atoms with Crippen LogP contribution in [0.1, 0.15) is 98.1 Å². The highest BCUT2D eigenvalue weighted by Gasteiger charge is 2.72. The third kappa shape index (κ3) is 8.08. The normalized spacial score (nSPS) is 24.2. The quantitative estimate of drug-likeness (QED) is 0.159. The molecule has 1 fully saturated rings. The Morgan fingerprint density at radius 1 is 0.962 bits per heavy atom. The predicted molar refractivity (Wildman–Crippen MR) is 194 cm³/mol. The summed E-state index contributed by atoms with van der Waals surface area (Å²) in [7, 11) is 3.60. The highest BCUT2D eigenvalue weighted by molar-refractivity contribution is 5.88. The number of esters is 1. The molecule has 2 bridgehead atoms. The fourth-order valence-electron chi connectivity index (χ4n) is 8.14. The molecular weight excluding hydrogens is 686 g/mol. The van der Waals surface area contributed by atoms with E-state index in [4.69, 9.17) is 28.4 Å². The molecule has 3 amide bonds. The van der Waals surface area contributed by atoms with E-state index in [1.165, 1.54) is 4.90 Å². The number of amides is 3. The molecule has 2 heterocycles. The van der Waals surface area contributed by atoms with Gasteiger partial charge in [-0.2, -0.15) is 0 Å². The van der Waals surface area contributed by atoms with Gasteiger partial charge in [0.1, 0.15) is 17.0 Å². The molecule has 294 valence electrons. The van der Waals surface area contributed by atoms with Gasteiger partial charge in [0, 0.05) is 37.5 Å². The summed E-state index contributed by atoms with van der Waals surface area (Å²) in [6.45, 7) is 12.8. The van der Waals surface area contributed by atoms with E-state index in [0.717, 1.165) is 16.0 Å². The molecule has 53 heavy (non-hydrogen) atoms. The Morgan fingerprint density at radius 3 is 2.26 bits per heavy atom. The summed E-state index contributed by atoms with van der Waals surface area (Å²) in [4.78, 5) is 57.1. The Bertz CT molecular complexity index is 1570. The van der Waals surface area contributed by atoms with Crippen LogP contribution in [0.2, 0.25) is 0 Å². The first-order valence-corrected chi connectivity index (χ1v) is 18.7. The number of unbranched alkanes of at least 4 members (excludes halogenated alkanes) is 2. The lowest BCUT2D eigenvalue weighted by Gasteiger charge is -2.61. The van der Waals surface area contributed by atoms with Crippen LogP contribution < -0.4 is 9.47 Å². The SMILES string of the molecule is CCOC(=O)CCCCCN(CCN(C(=O)OC(C)(C)C)C(=O)OC(C)(C)C)C(=O)OC1=CCC2(O)[C@H]3Cc4ccc(OC)c5c4[C@@]2(CCN3C)C1O5. The number of likely N-dealkylation sites (tertiary alicyclic amines) is 1. The van der Waals surface area contributed by atoms with E-state index in [1.54, 1.807) is 61.7 Å². The highest BCUT2D eigenvalue weighted by atomic mass is 16.6. The number of aliphatic hydroxyl groups is 1. The van der Waals surface area contributed by atoms with Gasteiger partial charge in [-0.05, 0) is 105 Å². The monoisotopic (exact) mass is 743 g/mol. The number of benzene rings is 1. The molecule has 4 atom stereocenters. The summed E-state index contributed by atoms with van der Waals surface area (Å²) < 4.78 is 34.7. The van der Waals surface area contributed by atoms with Crippen molar-refractivity contribution in [2.45, 2.75) is 128 Å². The molecule has 1 spiro atoms. The molecule has 5 rings (SSSR count). The summed E-state index contributed by atoms with van der Waals surface area (Å²) in [6.07, 6.45) is 1.86. The first-order chi connectivity index (χ1) is 24.8. The molecule has 0 saturated carbocycles. The Kier molecular flexibility index (Phi) is 11.6. The van der Waals surface area contributed by atoms with Crippen LogP contribution in [0.15, 0.2) is 24.0 Å². The maximum Gasteiger partial charge on any atom is 0.419 e. The smallest absolute Gasteiger partial charge is 0.419 e. The molecule has 14 heteroatoms. The van der Waals surface area contributed by atoms with Gasteiger partial charge < -0.3 is 43.3 Å². The van der Waals surface area contributed by atoms with Gasteiger partial charge in [-0.3, -0.25) is 4.79 Å². The number of hydrogen-bond acceptors (Lipinski definition) is 12. The molecule has 1 saturated heterocycles. The number of nitrogens with zero attached hydrogens (tertiary/aromatic N) is 3. The number of carbonyl (C=O) groups is 4. The summed E-state index contributed by atoms with van der Waals surface area (Å²) in [6, 6.07) is 3.74. The van der Waals surface area contributed by atoms with Gasteiger partial charge in [-0.15, -0.1) is 0 Å². The summed E-state index contributed by atoms with van der Waals surface area (Å²) in [5.74, 6) is 1.11. The number of imide groups is 1. The van der Waals surface area contributed by atoms with Gasteiger partial charge in [0.25, 0.3) is 0 Å². The molecule has 2 unspecified atom stereocenters. The zero-order valence-corrected chi connectivity index (χ0v) is 32.7. The van der Waals surface area contributed by atoms with Crippen LogP contribution in [0, 0.1) is 0 Å². The van der Waals surface area contributed by atoms with Gasteiger partial charge in [0.2, 0.25) is 0 Å². The fourth-order valence-corrected chi connectivity index (χ4v) is 8.14. The van der Waals surface area contributed by atoms with Gasteiger partial charge in [0.05, 0.1) is 31.3 Å². The average Bonchev–Trinajstić information content (AvgIpc) is 3.41. The molecule has 1 N–H and O–H groups in total. The number of methoxy groups -OCH3 is 1. The Balaban J connectivity index is 1.40. The van der Waals surface area contributed by atoms with Gasteiger partial charge in [-0.1, -0.05) is 12.5 Å². The van der Waals surface area contributed by atoms with Gasteiger partial charge in [-0.25, -0.2) is 19.3 Å². The Labute approximate surface area is 312 Å². The van der Waals surface area contributed by atoms with Crippen molar-refractivity contribution in [2.75, 3.05) is 46.9 Å². The number of rotatable bonds is 12. The summed E-state index contributed by atoms with van der Waals surface area (Å²) in [5, 5.41) is 12.6. The van der Waals surface area contributed by atoms with Gasteiger partial charge >= 0.3 is 24.2 Å². The Morgan fingerprint density at radius 2 is 1.64 bits per heavy atom. The van der Waals surface area contributed by atoms with Crippen molar-refractivity contribution < 1.29 is 52.7 Å². The predicted octanol–water partition coefficient (Wildman–Crippen LogP) is 5.71. The second kappa shape index (κ2) is 15.4. The third-order valence-corrected chi connectivity index (χ3v) is 10.5. The van der Waals surface area contributed by atoms with Crippen molar-refractivity contribution in [1.82, 2.24) is 14.7 Å². The maximum absolute atomic E-state index is 14.2. The molecule has 1 aromatic carbocycles. The van der Waals surface area contributed by atoms with Crippen molar-refractivity contribution in [1.29, 1.82) is 0 Å². The Hall–Kier alpha value is -4.04. The lowest BCUT2D eigenvalue weighted by atomic mass is 9.50. The average molecular weight is 744 g/mol. The second-order valence-electron chi connectivity index (χ2n) is 16.4. The molecule has 4 aliphatic rings. The van der Waals surface area contributed by atoms with Crippen molar-refractivity contribution in [3.8, 4) is 11.5 Å². The lowest BCUT2D eigenvalue weighted by molar-refractivity contribution is -0.163. The van der Waals surface area contributed by atoms with E-state index in [-0.39, 0.29) is 50.2 Å². The summed E-state index contributed by atoms with van der Waals surface area (Å²) >= 11 is 0. The van der Waals surface area contributed by atoms with Gasteiger partial charge in [0.15, 0.2) is 17.6 Å². The molecule has 0 aromatic heterocycles. The highest BCUT2D eigenvalue weighted by Crippen LogP contribution is 2.65. The molecule has 1 aromatic rings. The van der Waals surface area contributed by atoms with E-state index in [0.29, 0.717) is 56.8 Å². The first-order valence-electron chi connectivity index (χ1n) is 18.7. The standard InChI is InChI=1S/C39H57N3O11/c1-10-49-29(43)14-12-11-13-20-41(22-23-42(34(45)52-36(2,3)4)35(46)53-37(5,6)7)33(44)50-27-17-18-39(47)28-24-25-15-16-26(48-9)31-30(25)38(39,32(27)51-31)19-21-40(28)8/h15-17,28,32,47H,10-14,18-24H2,1-9H3/t28-,32?,38+,39?/m1/s1. The molecule has 2 aliphatic carbocycles. The van der Waals surface area contributed by atoms with E-state index in [9.17, 15) is 24.3 Å². The molecule has 0 radical (unpaired) electrons. The van der Waals surface area contributed by atoms with E-state index >= 15 is 0 Å². The minimum atomic E-state index is -1.18. The summed E-state index contributed by atoms with van der Waals surface area (Å²) in [5.41, 5.74) is -1.83. The lowest BCUT2D eigenvalue weighted by Crippen LogP contribution is -2.74. The van der Waals surface area contributed by atoms with Crippen LogP contribution in [0.25, 0.3) is 0 Å². The van der Waals surface area contributed by atoms with Crippen LogP contribution in [-0.4, -0.2) is 120 Å². The molecule has 2 aliphatic heterocycles. The van der Waals surface area contributed by atoms with Crippen LogP contribution in [-0.2, 0) is 35.6 Å². The van der Waals surface area contributed by atoms with E-state index in [1.807, 2.05) is 19.2 Å². The van der Waals surface area contributed by atoms with Crippen LogP contribution in [0.5, 0.6) is 11.5 Å². The maximum atomic E-state index is 14.2. The van der Waals surface area contributed by atoms with E-state index < -0.39 is 46.6 Å². The van der Waals surface area contributed by atoms with Crippen molar-refractivity contribution in [2.24, 2.45) is 0 Å². The number of likely N-dealkylation sites (N-methyl/N-ethyl adjacent to an activating group) is 1. The largest absolute Gasteiger partial charge is 0.493 e. The topological polar surface area (TPSA) is 154 Å².